The minimum absolute atomic E-state index is 0.0302. The molecule has 0 radical (unpaired) electrons. The summed E-state index contributed by atoms with van der Waals surface area (Å²) in [7, 11) is 0. The van der Waals surface area contributed by atoms with Crippen molar-refractivity contribution in [2.75, 3.05) is 19.6 Å². The smallest absolute Gasteiger partial charge is 0.161 e. The van der Waals surface area contributed by atoms with Crippen molar-refractivity contribution in [3.63, 3.8) is 0 Å². The van der Waals surface area contributed by atoms with Gasteiger partial charge in [-0.3, -0.25) is 4.79 Å². The molecule has 4 rings (SSSR count). The number of nitrogens with zero attached hydrogens (tertiary/aromatic N) is 2. The zero-order valence-electron chi connectivity index (χ0n) is 17.1. The highest BCUT2D eigenvalue weighted by Crippen LogP contribution is 2.23. The number of Topliss-reactive ketones (excluding diaryl/α,β-unsaturated/α-hetero) is 1. The monoisotopic (exact) mass is 410 g/mol. The van der Waals surface area contributed by atoms with Gasteiger partial charge in [0.05, 0.1) is 6.10 Å². The minimum Gasteiger partial charge on any atom is -0.490 e. The van der Waals surface area contributed by atoms with Crippen LogP contribution in [0.3, 0.4) is 0 Å². The number of hydrogen-bond donors (Lipinski definition) is 1. The number of aromatic nitrogens is 1. The van der Waals surface area contributed by atoms with Crippen LogP contribution in [0, 0.1) is 5.82 Å². The third kappa shape index (κ3) is 4.71. The summed E-state index contributed by atoms with van der Waals surface area (Å²) in [5.41, 5.74) is 1.66. The molecule has 1 saturated heterocycles. The Balaban J connectivity index is 1.31. The number of carbonyl (C=O) groups excluding carboxylic acids is 1. The largest absolute Gasteiger partial charge is 0.490 e. The van der Waals surface area contributed by atoms with E-state index in [0.717, 1.165) is 36.8 Å². The van der Waals surface area contributed by atoms with E-state index in [0.29, 0.717) is 24.4 Å². The lowest BCUT2D eigenvalue weighted by Crippen LogP contribution is -2.42. The van der Waals surface area contributed by atoms with Gasteiger partial charge < -0.3 is 19.3 Å². The van der Waals surface area contributed by atoms with Gasteiger partial charge in [-0.2, -0.15) is 0 Å². The Morgan fingerprint density at radius 2 is 1.83 bits per heavy atom. The molecule has 0 bridgehead atoms. The number of likely N-dealkylation sites (tertiary alicyclic amines) is 1. The molecule has 1 atom stereocenters. The third-order valence-electron chi connectivity index (χ3n) is 5.70. The minimum atomic E-state index is -0.532. The van der Waals surface area contributed by atoms with Crippen molar-refractivity contribution in [3.8, 4) is 5.75 Å². The van der Waals surface area contributed by atoms with Crippen LogP contribution in [0.4, 0.5) is 4.39 Å². The van der Waals surface area contributed by atoms with Crippen LogP contribution in [0.15, 0.2) is 54.7 Å². The molecule has 0 spiro atoms. The fourth-order valence-corrected chi connectivity index (χ4v) is 4.18. The average molecular weight is 410 g/mol. The lowest BCUT2D eigenvalue weighted by molar-refractivity contribution is 0.0553. The number of para-hydroxylation sites is 1. The number of aliphatic hydroxyl groups excluding tert-OH is 1. The van der Waals surface area contributed by atoms with Gasteiger partial charge in [0, 0.05) is 48.8 Å². The number of fused-ring (bicyclic) bond motifs is 1. The lowest BCUT2D eigenvalue weighted by Gasteiger charge is -2.33. The molecule has 0 aliphatic carbocycles. The second-order valence-electron chi connectivity index (χ2n) is 7.99. The van der Waals surface area contributed by atoms with Gasteiger partial charge in [0.1, 0.15) is 17.7 Å². The number of piperidine rings is 1. The molecular formula is C24H27FN2O3. The zero-order valence-corrected chi connectivity index (χ0v) is 17.1. The molecule has 6 heteroatoms. The standard InChI is InChI=1S/C24H27FN2O3/c1-17(28)23-16-27(24-5-3-2-4-22(23)24)15-19(29)14-26-12-10-21(11-13-26)30-20-8-6-18(25)7-9-20/h2-9,16,19,21,29H,10-15H2,1H3. The van der Waals surface area contributed by atoms with Crippen LogP contribution < -0.4 is 4.74 Å². The Hall–Kier alpha value is -2.70. The molecule has 1 N–H and O–H groups in total. The first-order chi connectivity index (χ1) is 14.5. The van der Waals surface area contributed by atoms with Crippen molar-refractivity contribution in [3.05, 3.63) is 66.1 Å². The Labute approximate surface area is 175 Å². The summed E-state index contributed by atoms with van der Waals surface area (Å²) in [4.78, 5) is 14.2. The van der Waals surface area contributed by atoms with Gasteiger partial charge in [-0.1, -0.05) is 18.2 Å². The average Bonchev–Trinajstić information content (AvgIpc) is 3.10. The first-order valence-corrected chi connectivity index (χ1v) is 10.4. The molecule has 1 unspecified atom stereocenters. The number of ether oxygens (including phenoxy) is 1. The first kappa shape index (κ1) is 20.6. The van der Waals surface area contributed by atoms with Crippen LogP contribution in [0.25, 0.3) is 10.9 Å². The molecule has 1 aliphatic rings. The second-order valence-corrected chi connectivity index (χ2v) is 7.99. The molecule has 158 valence electrons. The molecule has 0 amide bonds. The third-order valence-corrected chi connectivity index (χ3v) is 5.70. The number of hydrogen-bond acceptors (Lipinski definition) is 4. The number of ketones is 1. The fourth-order valence-electron chi connectivity index (χ4n) is 4.18. The number of β-amino-alcohol motifs (C(OH)–C–C–N with tert-alkyl or cyclic N) is 1. The fraction of sp³-hybridized carbons (Fsp3) is 0.375. The molecule has 2 heterocycles. The van der Waals surface area contributed by atoms with E-state index in [9.17, 15) is 14.3 Å². The van der Waals surface area contributed by atoms with E-state index in [1.807, 2.05) is 35.0 Å². The first-order valence-electron chi connectivity index (χ1n) is 10.4. The number of aliphatic hydroxyl groups is 1. The van der Waals surface area contributed by atoms with Crippen LogP contribution >= 0.6 is 0 Å². The van der Waals surface area contributed by atoms with Gasteiger partial charge >= 0.3 is 0 Å². The molecule has 1 fully saturated rings. The molecule has 3 aromatic rings. The molecule has 1 aliphatic heterocycles. The van der Waals surface area contributed by atoms with Crippen molar-refractivity contribution in [2.24, 2.45) is 0 Å². The predicted molar refractivity (Wildman–Crippen MR) is 114 cm³/mol. The van der Waals surface area contributed by atoms with Crippen LogP contribution in [-0.2, 0) is 6.54 Å². The van der Waals surface area contributed by atoms with E-state index in [1.54, 1.807) is 19.1 Å². The number of carbonyl (C=O) groups is 1. The summed E-state index contributed by atoms with van der Waals surface area (Å²) >= 11 is 0. The summed E-state index contributed by atoms with van der Waals surface area (Å²) in [6, 6.07) is 13.9. The van der Waals surface area contributed by atoms with Gasteiger partial charge in [0.15, 0.2) is 5.78 Å². The zero-order chi connectivity index (χ0) is 21.1. The summed E-state index contributed by atoms with van der Waals surface area (Å²) in [5, 5.41) is 11.6. The van der Waals surface area contributed by atoms with E-state index in [2.05, 4.69) is 4.90 Å². The highest BCUT2D eigenvalue weighted by molar-refractivity contribution is 6.06. The highest BCUT2D eigenvalue weighted by Gasteiger charge is 2.23. The van der Waals surface area contributed by atoms with Gasteiger partial charge in [-0.25, -0.2) is 4.39 Å². The van der Waals surface area contributed by atoms with Crippen LogP contribution in [0.5, 0.6) is 5.75 Å². The molecule has 30 heavy (non-hydrogen) atoms. The van der Waals surface area contributed by atoms with Crippen LogP contribution in [0.1, 0.15) is 30.1 Å². The normalized spacial score (nSPS) is 16.6. The summed E-state index contributed by atoms with van der Waals surface area (Å²) in [5.74, 6) is 0.454. The second kappa shape index (κ2) is 8.98. The Morgan fingerprint density at radius 3 is 2.53 bits per heavy atom. The van der Waals surface area contributed by atoms with E-state index in [-0.39, 0.29) is 17.7 Å². The van der Waals surface area contributed by atoms with Gasteiger partial charge in [0.25, 0.3) is 0 Å². The number of halogens is 1. The predicted octanol–water partition coefficient (Wildman–Crippen LogP) is 3.89. The maximum atomic E-state index is 13.0. The van der Waals surface area contributed by atoms with Crippen molar-refractivity contribution >= 4 is 16.7 Å². The SMILES string of the molecule is CC(=O)c1cn(CC(O)CN2CCC(Oc3ccc(F)cc3)CC2)c2ccccc12. The highest BCUT2D eigenvalue weighted by atomic mass is 19.1. The summed E-state index contributed by atoms with van der Waals surface area (Å²) in [6.07, 6.45) is 3.15. The van der Waals surface area contributed by atoms with Crippen molar-refractivity contribution in [2.45, 2.75) is 38.5 Å². The van der Waals surface area contributed by atoms with Crippen LogP contribution in [0.2, 0.25) is 0 Å². The molecule has 2 aromatic carbocycles. The van der Waals surface area contributed by atoms with Crippen molar-refractivity contribution < 1.29 is 19.0 Å². The van der Waals surface area contributed by atoms with Crippen molar-refractivity contribution in [1.29, 1.82) is 0 Å². The van der Waals surface area contributed by atoms with E-state index in [4.69, 9.17) is 4.74 Å². The lowest BCUT2D eigenvalue weighted by atomic mass is 10.1. The maximum absolute atomic E-state index is 13.0. The quantitative estimate of drug-likeness (QED) is 0.601. The Kier molecular flexibility index (Phi) is 6.16. The molecule has 5 nitrogen and oxygen atoms in total. The number of rotatable bonds is 7. The van der Waals surface area contributed by atoms with E-state index in [1.165, 1.54) is 12.1 Å². The topological polar surface area (TPSA) is 54.7 Å². The van der Waals surface area contributed by atoms with Gasteiger partial charge in [0.2, 0.25) is 0 Å². The summed E-state index contributed by atoms with van der Waals surface area (Å²) < 4.78 is 20.9. The molecule has 0 saturated carbocycles. The molecular weight excluding hydrogens is 383 g/mol. The Bertz CT molecular complexity index is 1010. The Morgan fingerprint density at radius 1 is 1.13 bits per heavy atom. The van der Waals surface area contributed by atoms with Crippen LogP contribution in [-0.4, -0.2) is 52.2 Å². The van der Waals surface area contributed by atoms with E-state index < -0.39 is 6.10 Å². The number of benzene rings is 2. The molecule has 1 aromatic heterocycles. The van der Waals surface area contributed by atoms with E-state index >= 15 is 0 Å². The van der Waals surface area contributed by atoms with Crippen molar-refractivity contribution in [1.82, 2.24) is 9.47 Å². The maximum Gasteiger partial charge on any atom is 0.161 e. The van der Waals surface area contributed by atoms with Gasteiger partial charge in [-0.05, 0) is 50.1 Å². The summed E-state index contributed by atoms with van der Waals surface area (Å²) in [6.45, 7) is 4.27. The van der Waals surface area contributed by atoms with Gasteiger partial charge in [-0.15, -0.1) is 0 Å².